The van der Waals surface area contributed by atoms with Crippen LogP contribution in [0.1, 0.15) is 181 Å². The van der Waals surface area contributed by atoms with Gasteiger partial charge in [-0.3, -0.25) is 0 Å². The van der Waals surface area contributed by atoms with Gasteiger partial charge in [0.05, 0.1) is 0 Å². The normalized spacial score (nSPS) is 21.4. The van der Waals surface area contributed by atoms with Gasteiger partial charge in [-0.2, -0.15) is 15.0 Å². The summed E-state index contributed by atoms with van der Waals surface area (Å²) in [5, 5.41) is 7.76. The van der Waals surface area contributed by atoms with Gasteiger partial charge in [0.25, 0.3) is 0 Å². The topological polar surface area (TPSA) is 69.2 Å². The lowest BCUT2D eigenvalue weighted by Gasteiger charge is -2.50. The molecule has 1 aliphatic heterocycles. The number of unbranched alkanes of at least 4 members (excludes halogenated alkanes) is 4. The fourth-order valence-corrected chi connectivity index (χ4v) is 9.79. The van der Waals surface area contributed by atoms with E-state index in [1.165, 1.54) is 44.9 Å². The summed E-state index contributed by atoms with van der Waals surface area (Å²) in [6.45, 7) is 37.4. The minimum atomic E-state index is -0.165. The first kappa shape index (κ1) is 39.8. The lowest BCUT2D eigenvalue weighted by Crippen LogP contribution is -2.62. The first-order chi connectivity index (χ1) is 21.4. The molecule has 0 spiro atoms. The van der Waals surface area contributed by atoms with Crippen molar-refractivity contribution in [3.05, 3.63) is 0 Å². The monoisotopic (exact) mass is 656 g/mol. The Kier molecular flexibility index (Phi) is 12.8. The number of anilines is 3. The van der Waals surface area contributed by atoms with Gasteiger partial charge in [-0.1, -0.05) is 88.0 Å². The van der Waals surface area contributed by atoms with E-state index in [0.717, 1.165) is 63.0 Å². The van der Waals surface area contributed by atoms with E-state index in [4.69, 9.17) is 15.0 Å². The van der Waals surface area contributed by atoms with Crippen LogP contribution in [0.5, 0.6) is 0 Å². The molecule has 1 aliphatic carbocycles. The average molecular weight is 656 g/mol. The highest BCUT2D eigenvalue weighted by molar-refractivity contribution is 5.48. The van der Waals surface area contributed by atoms with Gasteiger partial charge < -0.3 is 20.4 Å². The maximum atomic E-state index is 5.51. The lowest BCUT2D eigenvalue weighted by atomic mass is 9.63. The van der Waals surface area contributed by atoms with Crippen LogP contribution in [0.25, 0.3) is 0 Å². The van der Waals surface area contributed by atoms with Gasteiger partial charge in [-0.15, -0.1) is 0 Å². The molecule has 0 bridgehead atoms. The zero-order chi connectivity index (χ0) is 35.5. The van der Waals surface area contributed by atoms with Crippen LogP contribution in [0.15, 0.2) is 0 Å². The predicted molar refractivity (Wildman–Crippen MR) is 205 cm³/mol. The van der Waals surface area contributed by atoms with E-state index in [1.54, 1.807) is 0 Å². The third kappa shape index (κ3) is 12.6. The summed E-state index contributed by atoms with van der Waals surface area (Å²) in [5.74, 6) is 2.45. The molecule has 1 aromatic heterocycles. The number of hydrogen-bond donors (Lipinski definition) is 2. The van der Waals surface area contributed by atoms with Crippen molar-refractivity contribution >= 4 is 17.8 Å². The molecule has 0 aromatic carbocycles. The molecule has 0 amide bonds. The van der Waals surface area contributed by atoms with Crippen LogP contribution in [0, 0.1) is 16.2 Å². The highest BCUT2D eigenvalue weighted by atomic mass is 15.4. The first-order valence-corrected chi connectivity index (χ1v) is 19.3. The van der Waals surface area contributed by atoms with Crippen LogP contribution in [0.3, 0.4) is 0 Å². The number of aromatic nitrogens is 3. The fourth-order valence-electron chi connectivity index (χ4n) is 9.79. The largest absolute Gasteiger partial charge is 0.349 e. The summed E-state index contributed by atoms with van der Waals surface area (Å²) in [4.78, 5) is 21.3. The van der Waals surface area contributed by atoms with Gasteiger partial charge in [-0.05, 0) is 109 Å². The molecule has 2 heterocycles. The molecule has 3 rings (SSSR count). The molecule has 2 aliphatic rings. The number of hydrogen-bond acceptors (Lipinski definition) is 7. The third-order valence-corrected chi connectivity index (χ3v) is 10.1. The quantitative estimate of drug-likeness (QED) is 0.182. The average Bonchev–Trinajstić information content (AvgIpc) is 2.83. The first-order valence-electron chi connectivity index (χ1n) is 19.3. The van der Waals surface area contributed by atoms with Gasteiger partial charge in [-0.25, -0.2) is 0 Å². The van der Waals surface area contributed by atoms with E-state index in [1.807, 2.05) is 0 Å². The Morgan fingerprint density at radius 3 is 1.49 bits per heavy atom. The van der Waals surface area contributed by atoms with Crippen molar-refractivity contribution in [3.8, 4) is 0 Å². The Morgan fingerprint density at radius 1 is 0.660 bits per heavy atom. The highest BCUT2D eigenvalue weighted by Crippen LogP contribution is 2.48. The van der Waals surface area contributed by atoms with Gasteiger partial charge in [0.1, 0.15) is 0 Å². The summed E-state index contributed by atoms with van der Waals surface area (Å²) in [5.41, 5.74) is 0.638. The maximum Gasteiger partial charge on any atom is 0.232 e. The van der Waals surface area contributed by atoms with Crippen LogP contribution in [0.2, 0.25) is 0 Å². The molecule has 1 saturated carbocycles. The van der Waals surface area contributed by atoms with Gasteiger partial charge >= 0.3 is 0 Å². The molecule has 272 valence electrons. The third-order valence-electron chi connectivity index (χ3n) is 10.1. The van der Waals surface area contributed by atoms with E-state index in [9.17, 15) is 0 Å². The Bertz CT molecular complexity index is 1030. The van der Waals surface area contributed by atoms with E-state index < -0.39 is 0 Å². The zero-order valence-electron chi connectivity index (χ0n) is 33.8. The van der Waals surface area contributed by atoms with Crippen molar-refractivity contribution in [2.75, 3.05) is 28.2 Å². The smallest absolute Gasteiger partial charge is 0.232 e. The molecule has 7 heteroatoms. The van der Waals surface area contributed by atoms with Crippen LogP contribution >= 0.6 is 0 Å². The standard InChI is InChI=1S/C40H77N7/c1-16-18-20-22-46(30-24-36(6,7)29-37(8,9)25-30)33-41-32(44-40(14,15)28-35(3,4)5)42-34(43-33)47(23-21-19-17-2)31-26-38(10,11)45-39(12,13)27-31/h30-31,45H,16-29H2,1-15H3,(H,41,42,43,44). The number of piperidine rings is 1. The number of nitrogens with one attached hydrogen (secondary N) is 2. The SMILES string of the molecule is CCCCCN(c1nc(NC(C)(C)CC(C)(C)C)nc(N(CCCCC)C2CC(C)(C)NC(C)(C)C2)n1)C1CC(C)(C)CC(C)(C)C1. The zero-order valence-corrected chi connectivity index (χ0v) is 33.8. The molecule has 1 aromatic rings. The van der Waals surface area contributed by atoms with E-state index in [2.05, 4.69) is 124 Å². The summed E-state index contributed by atoms with van der Waals surface area (Å²) in [7, 11) is 0. The maximum absolute atomic E-state index is 5.51. The Hall–Kier alpha value is -1.63. The molecule has 0 unspecified atom stereocenters. The Morgan fingerprint density at radius 2 is 1.09 bits per heavy atom. The van der Waals surface area contributed by atoms with E-state index in [-0.39, 0.29) is 32.9 Å². The van der Waals surface area contributed by atoms with Crippen molar-refractivity contribution in [1.29, 1.82) is 0 Å². The number of nitrogens with zero attached hydrogens (tertiary/aromatic N) is 5. The van der Waals surface area contributed by atoms with Crippen molar-refractivity contribution in [3.63, 3.8) is 0 Å². The minimum absolute atomic E-state index is 0.0342. The van der Waals surface area contributed by atoms with Crippen LogP contribution in [0.4, 0.5) is 17.8 Å². The van der Waals surface area contributed by atoms with Crippen molar-refractivity contribution in [2.45, 2.75) is 210 Å². The molecule has 47 heavy (non-hydrogen) atoms. The second-order valence-electron chi connectivity index (χ2n) is 20.3. The van der Waals surface area contributed by atoms with Crippen LogP contribution in [-0.4, -0.2) is 56.7 Å². The fraction of sp³-hybridized carbons (Fsp3) is 0.925. The molecule has 7 nitrogen and oxygen atoms in total. The molecule has 2 N–H and O–H groups in total. The van der Waals surface area contributed by atoms with Crippen molar-refractivity contribution < 1.29 is 0 Å². The minimum Gasteiger partial charge on any atom is -0.349 e. The second-order valence-corrected chi connectivity index (χ2v) is 20.3. The summed E-state index contributed by atoms with van der Waals surface area (Å²) in [6.07, 6.45) is 13.9. The second kappa shape index (κ2) is 15.1. The molecular formula is C40H77N7. The molecule has 1 saturated heterocycles. The van der Waals surface area contributed by atoms with E-state index >= 15 is 0 Å². The summed E-state index contributed by atoms with van der Waals surface area (Å²) < 4.78 is 0. The van der Waals surface area contributed by atoms with E-state index in [0.29, 0.717) is 12.1 Å². The van der Waals surface area contributed by atoms with Crippen LogP contribution in [-0.2, 0) is 0 Å². The summed E-state index contributed by atoms with van der Waals surface area (Å²) in [6, 6.07) is 0.756. The van der Waals surface area contributed by atoms with Gasteiger partial charge in [0.2, 0.25) is 17.8 Å². The predicted octanol–water partition coefficient (Wildman–Crippen LogP) is 10.4. The number of rotatable bonds is 15. The van der Waals surface area contributed by atoms with Gasteiger partial charge in [0.15, 0.2) is 0 Å². The lowest BCUT2D eigenvalue weighted by molar-refractivity contribution is 0.0946. The Balaban J connectivity index is 2.20. The van der Waals surface area contributed by atoms with Crippen molar-refractivity contribution in [2.24, 2.45) is 16.2 Å². The molecule has 2 fully saturated rings. The van der Waals surface area contributed by atoms with Crippen LogP contribution < -0.4 is 20.4 Å². The molecule has 0 radical (unpaired) electrons. The van der Waals surface area contributed by atoms with Crippen molar-refractivity contribution in [1.82, 2.24) is 20.3 Å². The summed E-state index contributed by atoms with van der Waals surface area (Å²) >= 11 is 0. The Labute approximate surface area is 291 Å². The molecule has 0 atom stereocenters. The highest BCUT2D eigenvalue weighted by Gasteiger charge is 2.43. The molecular weight excluding hydrogens is 578 g/mol. The van der Waals surface area contributed by atoms with Gasteiger partial charge in [0, 0.05) is 41.8 Å².